The fraction of sp³-hybridized carbons (Fsp3) is 0.491. The first-order valence-corrected chi connectivity index (χ1v) is 27.0. The van der Waals surface area contributed by atoms with Gasteiger partial charge in [-0.2, -0.15) is 0 Å². The second-order valence-corrected chi connectivity index (χ2v) is 17.5. The highest BCUT2D eigenvalue weighted by molar-refractivity contribution is 7.54. The number of carbonyl (C=O) groups excluding carboxylic acids is 3. The quantitative estimate of drug-likeness (QED) is 0.0122. The van der Waals surface area contributed by atoms with E-state index in [4.69, 9.17) is 80.8 Å². The lowest BCUT2D eigenvalue weighted by molar-refractivity contribution is -0.385. The third kappa shape index (κ3) is 24.7. The number of rotatable bonds is 30. The molecule has 26 heteroatoms. The monoisotopic (exact) mass is 1200 g/mol. The van der Waals surface area contributed by atoms with Gasteiger partial charge < -0.3 is 85.6 Å². The molecule has 0 aliphatic rings. The van der Waals surface area contributed by atoms with Gasteiger partial charge in [-0.15, -0.1) is 0 Å². The fourth-order valence-corrected chi connectivity index (χ4v) is 8.71. The molecule has 0 bridgehead atoms. The number of aldehydes is 1. The number of nitrogens with zero attached hydrogens (tertiary/aromatic N) is 1. The molecule has 0 radical (unpaired) electrons. The molecule has 4 aromatic rings. The van der Waals surface area contributed by atoms with Gasteiger partial charge in [0.2, 0.25) is 5.75 Å². The molecule has 0 fully saturated rings. The molecular weight excluding hydrogens is 1110 g/mol. The maximum absolute atomic E-state index is 11.8. The van der Waals surface area contributed by atoms with Crippen molar-refractivity contribution in [3.63, 3.8) is 0 Å². The molecule has 0 heterocycles. The van der Waals surface area contributed by atoms with Gasteiger partial charge in [-0.05, 0) is 95.9 Å². The zero-order chi connectivity index (χ0) is 62.2. The van der Waals surface area contributed by atoms with E-state index in [1.165, 1.54) is 61.9 Å². The lowest BCUT2D eigenvalue weighted by Crippen LogP contribution is -2.12. The van der Waals surface area contributed by atoms with Crippen LogP contribution in [-0.2, 0) is 45.5 Å². The first kappa shape index (κ1) is 77.4. The Labute approximate surface area is 488 Å². The summed E-state index contributed by atoms with van der Waals surface area (Å²) in [6, 6.07) is 11.7. The van der Waals surface area contributed by atoms with Crippen LogP contribution in [0.15, 0.2) is 48.5 Å². The Kier molecular flexibility index (Phi) is 41.0. The van der Waals surface area contributed by atoms with Crippen LogP contribution >= 0.6 is 7.60 Å². The maximum Gasteiger partial charge on any atom is 0.341 e. The van der Waals surface area contributed by atoms with E-state index in [2.05, 4.69) is 4.74 Å². The molecule has 2 N–H and O–H groups in total. The highest BCUT2D eigenvalue weighted by Gasteiger charge is 2.29. The number of aliphatic hydroxyl groups is 2. The van der Waals surface area contributed by atoms with E-state index < -0.39 is 24.5 Å². The number of carbonyl (C=O) groups is 3. The van der Waals surface area contributed by atoms with Crippen LogP contribution < -0.4 is 56.8 Å². The Balaban J connectivity index is -0.000000977. The van der Waals surface area contributed by atoms with E-state index in [0.29, 0.717) is 107 Å². The predicted molar refractivity (Wildman–Crippen MR) is 314 cm³/mol. The number of ether oxygens (including phenoxy) is 14. The highest BCUT2D eigenvalue weighted by Crippen LogP contribution is 2.48. The van der Waals surface area contributed by atoms with E-state index in [-0.39, 0.29) is 65.2 Å². The van der Waals surface area contributed by atoms with Crippen LogP contribution in [0.5, 0.6) is 69.0 Å². The van der Waals surface area contributed by atoms with Gasteiger partial charge in [0, 0.05) is 31.8 Å². The van der Waals surface area contributed by atoms with Gasteiger partial charge in [0.05, 0.1) is 128 Å². The predicted octanol–water partition coefficient (Wildman–Crippen LogP) is 9.69. The molecule has 0 atom stereocenters. The smallest absolute Gasteiger partial charge is 0.341 e. The Bertz CT molecular complexity index is 2620. The molecule has 83 heavy (non-hydrogen) atoms. The fourth-order valence-electron chi connectivity index (χ4n) is 7.26. The van der Waals surface area contributed by atoms with Crippen LogP contribution in [0, 0.1) is 10.1 Å². The number of benzene rings is 4. The topological polar surface area (TPSA) is 300 Å². The second-order valence-electron chi connectivity index (χ2n) is 15.5. The van der Waals surface area contributed by atoms with E-state index in [0.717, 1.165) is 11.3 Å². The number of hydrogen-bond donors (Lipinski definition) is 2. The SMILES string of the molecule is C.CCOC(=O)/C=C/c1c(OC)ccc(OC)c1OC.CCOC(=O)CP(=O)(OCC)OCC.COc1cc([N+](=O)[O-])c(OC)c(CCCO)c1OC.COc1ccc(OC)c(OC)c1C=O.COc1ccc(OC)c(OC)c1CCCO.[2HH]. The van der Waals surface area contributed by atoms with Crippen molar-refractivity contribution in [2.45, 2.75) is 60.8 Å². The van der Waals surface area contributed by atoms with E-state index >= 15 is 0 Å². The zero-order valence-electron chi connectivity index (χ0n) is 49.8. The van der Waals surface area contributed by atoms with Crippen molar-refractivity contribution in [3.05, 3.63) is 80.9 Å². The van der Waals surface area contributed by atoms with Crippen molar-refractivity contribution < 1.29 is 111 Å². The molecule has 0 saturated heterocycles. The maximum atomic E-state index is 11.8. The molecule has 25 nitrogen and oxygen atoms in total. The summed E-state index contributed by atoms with van der Waals surface area (Å²) in [5.74, 6) is 4.93. The van der Waals surface area contributed by atoms with E-state index in [9.17, 15) is 29.1 Å². The molecule has 4 rings (SSSR count). The lowest BCUT2D eigenvalue weighted by atomic mass is 10.0. The summed E-state index contributed by atoms with van der Waals surface area (Å²) in [5.41, 5.74) is 2.24. The van der Waals surface area contributed by atoms with E-state index in [1.54, 1.807) is 99.7 Å². The van der Waals surface area contributed by atoms with Crippen LogP contribution in [0.1, 0.15) is 76.4 Å². The lowest BCUT2D eigenvalue weighted by Gasteiger charge is -2.16. The Morgan fingerprint density at radius 3 is 1.30 bits per heavy atom. The van der Waals surface area contributed by atoms with Crippen molar-refractivity contribution in [2.24, 2.45) is 0 Å². The second kappa shape index (κ2) is 44.0. The van der Waals surface area contributed by atoms with Crippen LogP contribution in [0.4, 0.5) is 5.69 Å². The van der Waals surface area contributed by atoms with Gasteiger partial charge in [0.25, 0.3) is 0 Å². The molecule has 0 saturated carbocycles. The summed E-state index contributed by atoms with van der Waals surface area (Å²) in [5, 5.41) is 28.8. The molecule has 470 valence electrons. The molecule has 0 aliphatic carbocycles. The summed E-state index contributed by atoms with van der Waals surface area (Å²) in [7, 11) is 14.8. The van der Waals surface area contributed by atoms with Crippen molar-refractivity contribution in [2.75, 3.05) is 131 Å². The van der Waals surface area contributed by atoms with Gasteiger partial charge in [-0.1, -0.05) is 7.43 Å². The van der Waals surface area contributed by atoms with Crippen molar-refractivity contribution in [1.82, 2.24) is 0 Å². The summed E-state index contributed by atoms with van der Waals surface area (Å²) in [6.45, 7) is 8.01. The van der Waals surface area contributed by atoms with Crippen LogP contribution in [0.2, 0.25) is 0 Å². The third-order valence-electron chi connectivity index (χ3n) is 10.7. The molecule has 0 aromatic heterocycles. The number of esters is 2. The summed E-state index contributed by atoms with van der Waals surface area (Å²) >= 11 is 0. The normalized spacial score (nSPS) is 10.1. The molecule has 0 aliphatic heterocycles. The molecule has 0 unspecified atom stereocenters. The van der Waals surface area contributed by atoms with Gasteiger partial charge >= 0.3 is 25.2 Å². The number of methoxy groups -OCH3 is 12. The highest BCUT2D eigenvalue weighted by atomic mass is 31.2. The number of nitro benzene ring substituents is 1. The minimum absolute atomic E-state index is 0. The summed E-state index contributed by atoms with van der Waals surface area (Å²) in [4.78, 5) is 43.7. The van der Waals surface area contributed by atoms with Gasteiger partial charge in [0.1, 0.15) is 29.0 Å². The Morgan fingerprint density at radius 1 is 0.530 bits per heavy atom. The minimum atomic E-state index is -3.28. The largest absolute Gasteiger partial charge is 0.496 e. The first-order chi connectivity index (χ1) is 39.4. The van der Waals surface area contributed by atoms with Gasteiger partial charge in [-0.3, -0.25) is 24.3 Å². The van der Waals surface area contributed by atoms with Crippen molar-refractivity contribution in [1.29, 1.82) is 0 Å². The number of aliphatic hydroxyl groups excluding tert-OH is 2. The summed E-state index contributed by atoms with van der Waals surface area (Å²) < 4.78 is 93.2. The molecule has 0 spiro atoms. The molecule has 4 aromatic carbocycles. The third-order valence-corrected chi connectivity index (χ3v) is 12.6. The van der Waals surface area contributed by atoms with Gasteiger partial charge in [-0.25, -0.2) is 4.79 Å². The van der Waals surface area contributed by atoms with Crippen molar-refractivity contribution in [3.8, 4) is 69.0 Å². The molecular formula is C57H88NO24P. The Hall–Kier alpha value is -7.70. The van der Waals surface area contributed by atoms with Crippen LogP contribution in [0.25, 0.3) is 6.08 Å². The summed E-state index contributed by atoms with van der Waals surface area (Å²) in [6.07, 6.45) is 5.46. The van der Waals surface area contributed by atoms with Crippen LogP contribution in [-0.4, -0.2) is 164 Å². The Morgan fingerprint density at radius 2 is 0.916 bits per heavy atom. The standard InChI is InChI=1S/C14H18O5.C12H17NO6.C12H18O4.C10H12O4.C8H17O5P.CH4.H2/c1-5-19-13(15)9-6-10-11(16-2)7-8-12(17-3)14(10)18-4;1-17-10-7-9(13(15)16)11(18-2)8(5-4-6-14)12(10)19-3;1-14-10-6-7-11(15-2)12(16-3)9(10)5-4-8-13;1-12-8-4-5-9(13-2)10(14-3)7(8)6-11;1-4-11-8(9)7-14(10,12-5-2)13-6-3;;/h6-9H,5H2,1-4H3;7,14H,4-6H2,1-3H3;6-7,13H,4-5,8H2,1-3H3;4-6H,1-3H3;4-7H2,1-3H3;1H4;1H/b9-6+;;;;;;/i;;;;;;1+1. The van der Waals surface area contributed by atoms with E-state index in [1.807, 2.05) is 6.07 Å². The van der Waals surface area contributed by atoms with Crippen molar-refractivity contribution >= 4 is 37.6 Å². The van der Waals surface area contributed by atoms with Crippen LogP contribution in [0.3, 0.4) is 0 Å². The number of nitro groups is 1. The molecule has 0 amide bonds. The first-order valence-electron chi connectivity index (χ1n) is 25.3. The average molecular weight is 1200 g/mol. The minimum Gasteiger partial charge on any atom is -0.496 e. The zero-order valence-corrected chi connectivity index (χ0v) is 50.7. The average Bonchev–Trinajstić information content (AvgIpc) is 3.69. The van der Waals surface area contributed by atoms with Gasteiger partial charge in [0.15, 0.2) is 52.3 Å². The number of hydrogen-bond acceptors (Lipinski definition) is 24.